The smallest absolute Gasteiger partial charge is 0.163 e. The number of para-hydroxylation sites is 1. The Kier molecular flexibility index (Phi) is 3.64. The molecule has 2 atom stereocenters. The lowest BCUT2D eigenvalue weighted by Crippen LogP contribution is -2.12. The number of allylic oxidation sites excluding steroid dienone is 4. The van der Waals surface area contributed by atoms with Crippen molar-refractivity contribution in [3.8, 4) is 11.4 Å². The van der Waals surface area contributed by atoms with Gasteiger partial charge in [-0.1, -0.05) is 42.8 Å². The first kappa shape index (κ1) is 18.4. The maximum absolute atomic E-state index is 5.17. The number of benzene rings is 1. The Labute approximate surface area is 195 Å². The van der Waals surface area contributed by atoms with Crippen LogP contribution in [0, 0.1) is 11.8 Å². The summed E-state index contributed by atoms with van der Waals surface area (Å²) in [5, 5.41) is 7.09. The summed E-state index contributed by atoms with van der Waals surface area (Å²) in [5.41, 5.74) is 6.03. The number of nitrogens with zero attached hydrogens (tertiary/aromatic N) is 4. The van der Waals surface area contributed by atoms with Crippen LogP contribution in [-0.2, 0) is 0 Å². The van der Waals surface area contributed by atoms with Crippen molar-refractivity contribution in [2.75, 3.05) is 5.32 Å². The molecule has 0 spiro atoms. The van der Waals surface area contributed by atoms with Crippen molar-refractivity contribution < 1.29 is 0 Å². The summed E-state index contributed by atoms with van der Waals surface area (Å²) < 4.78 is 0. The van der Waals surface area contributed by atoms with Gasteiger partial charge in [-0.25, -0.2) is 15.0 Å². The van der Waals surface area contributed by atoms with E-state index < -0.39 is 0 Å². The highest BCUT2D eigenvalue weighted by molar-refractivity contribution is 6.12. The quantitative estimate of drug-likeness (QED) is 0.363. The molecule has 2 unspecified atom stereocenters. The molecule has 0 bridgehead atoms. The van der Waals surface area contributed by atoms with Crippen molar-refractivity contribution in [3.05, 3.63) is 72.7 Å². The molecule has 4 heterocycles. The molecule has 164 valence electrons. The Bertz CT molecular complexity index is 1680. The summed E-state index contributed by atoms with van der Waals surface area (Å²) in [5.74, 6) is 3.18. The van der Waals surface area contributed by atoms with E-state index in [1.165, 1.54) is 24.8 Å². The molecule has 0 amide bonds. The van der Waals surface area contributed by atoms with Crippen LogP contribution in [0.5, 0.6) is 0 Å². The largest absolute Gasteiger partial charge is 0.366 e. The molecule has 0 saturated heterocycles. The maximum Gasteiger partial charge on any atom is 0.163 e. The number of H-pyrrole nitrogens is 1. The fourth-order valence-electron chi connectivity index (χ4n) is 6.05. The van der Waals surface area contributed by atoms with E-state index in [9.17, 15) is 0 Å². The lowest BCUT2D eigenvalue weighted by Gasteiger charge is -2.16. The Morgan fingerprint density at radius 3 is 2.68 bits per heavy atom. The fourth-order valence-corrected chi connectivity index (χ4v) is 6.05. The molecule has 2 N–H and O–H groups in total. The van der Waals surface area contributed by atoms with Crippen LogP contribution in [-0.4, -0.2) is 31.0 Å². The molecular formula is C28H22N6. The highest BCUT2D eigenvalue weighted by atomic mass is 15.1. The average molecular weight is 443 g/mol. The molecule has 4 aromatic heterocycles. The normalized spacial score (nSPS) is 22.7. The van der Waals surface area contributed by atoms with Crippen LogP contribution in [0.4, 0.5) is 5.82 Å². The second kappa shape index (κ2) is 6.73. The Morgan fingerprint density at radius 1 is 0.941 bits per heavy atom. The van der Waals surface area contributed by atoms with Crippen LogP contribution in [0.1, 0.15) is 24.8 Å². The van der Waals surface area contributed by atoms with E-state index in [0.717, 1.165) is 61.6 Å². The Hall–Kier alpha value is -4.06. The van der Waals surface area contributed by atoms with Gasteiger partial charge >= 0.3 is 0 Å². The monoisotopic (exact) mass is 442 g/mol. The van der Waals surface area contributed by atoms with Crippen molar-refractivity contribution in [3.63, 3.8) is 0 Å². The molecule has 0 radical (unpaired) electrons. The third-order valence-electron chi connectivity index (χ3n) is 7.82. The van der Waals surface area contributed by atoms with E-state index in [1.807, 2.05) is 30.7 Å². The van der Waals surface area contributed by atoms with Crippen LogP contribution in [0.2, 0.25) is 0 Å². The van der Waals surface area contributed by atoms with Crippen molar-refractivity contribution in [1.29, 1.82) is 0 Å². The minimum Gasteiger partial charge on any atom is -0.366 e. The molecular weight excluding hydrogens is 420 g/mol. The number of hydrogen-bond donors (Lipinski definition) is 2. The lowest BCUT2D eigenvalue weighted by atomic mass is 9.97. The molecule has 0 aliphatic heterocycles. The highest BCUT2D eigenvalue weighted by Gasteiger charge is 2.52. The first-order valence-corrected chi connectivity index (χ1v) is 12.0. The molecule has 6 heteroatoms. The summed E-state index contributed by atoms with van der Waals surface area (Å²) in [7, 11) is 0. The highest BCUT2D eigenvalue weighted by Crippen LogP contribution is 2.53. The van der Waals surface area contributed by atoms with E-state index in [0.29, 0.717) is 11.9 Å². The van der Waals surface area contributed by atoms with E-state index in [1.54, 1.807) is 0 Å². The van der Waals surface area contributed by atoms with Gasteiger partial charge in [0.25, 0.3) is 0 Å². The molecule has 8 rings (SSSR count). The van der Waals surface area contributed by atoms with Crippen molar-refractivity contribution in [1.82, 2.24) is 24.9 Å². The number of rotatable bonds is 4. The molecule has 2 fully saturated rings. The Morgan fingerprint density at radius 2 is 1.82 bits per heavy atom. The number of aromatic amines is 1. The SMILES string of the molecule is C1=CC(c2cncc3nc(-c4ccnc5[nH]c6ccccc6c45)nc(NC4C5CCCC54)c23)=C1. The number of hydrogen-bond acceptors (Lipinski definition) is 5. The van der Waals surface area contributed by atoms with E-state index in [4.69, 9.17) is 9.97 Å². The van der Waals surface area contributed by atoms with Gasteiger partial charge in [0.05, 0.1) is 17.1 Å². The third kappa shape index (κ3) is 2.56. The van der Waals surface area contributed by atoms with Crippen molar-refractivity contribution >= 4 is 44.2 Å². The number of aromatic nitrogens is 5. The minimum absolute atomic E-state index is 0.511. The van der Waals surface area contributed by atoms with E-state index in [2.05, 4.69) is 56.7 Å². The predicted molar refractivity (Wildman–Crippen MR) is 135 cm³/mol. The predicted octanol–water partition coefficient (Wildman–Crippen LogP) is 5.88. The van der Waals surface area contributed by atoms with Crippen molar-refractivity contribution in [2.24, 2.45) is 11.8 Å². The van der Waals surface area contributed by atoms with Gasteiger partial charge in [-0.3, -0.25) is 4.98 Å². The number of anilines is 1. The van der Waals surface area contributed by atoms with Crippen LogP contribution in [0.3, 0.4) is 0 Å². The van der Waals surface area contributed by atoms with Crippen LogP contribution >= 0.6 is 0 Å². The van der Waals surface area contributed by atoms with Gasteiger partial charge in [-0.15, -0.1) is 0 Å². The second-order valence-corrected chi connectivity index (χ2v) is 9.64. The molecule has 3 aliphatic carbocycles. The first-order chi connectivity index (χ1) is 16.8. The zero-order valence-electron chi connectivity index (χ0n) is 18.5. The number of fused-ring (bicyclic) bond motifs is 5. The molecule has 34 heavy (non-hydrogen) atoms. The summed E-state index contributed by atoms with van der Waals surface area (Å²) >= 11 is 0. The van der Waals surface area contributed by atoms with Crippen LogP contribution in [0.25, 0.3) is 49.8 Å². The molecule has 6 nitrogen and oxygen atoms in total. The average Bonchev–Trinajstić information content (AvgIpc) is 3.16. The van der Waals surface area contributed by atoms with Crippen LogP contribution in [0.15, 0.2) is 67.2 Å². The second-order valence-electron chi connectivity index (χ2n) is 9.64. The van der Waals surface area contributed by atoms with Gasteiger partial charge in [0, 0.05) is 45.9 Å². The summed E-state index contributed by atoms with van der Waals surface area (Å²) in [4.78, 5) is 22.8. The summed E-state index contributed by atoms with van der Waals surface area (Å²) in [6.07, 6.45) is 15.9. The third-order valence-corrected chi connectivity index (χ3v) is 7.82. The standard InChI is InChI=1S/C28H22N6/c1-2-10-21-18(7-1)23-19(11-12-30-27(23)31-21)26-32-22-14-29-13-20(15-5-3-6-15)24(22)28(34-26)33-25-16-8-4-9-17(16)25/h1-3,5-7,10-14,16-17,25H,4,8-9H2,(H,30,31)(H,32,33,34). The maximum atomic E-state index is 5.17. The first-order valence-electron chi connectivity index (χ1n) is 12.0. The van der Waals surface area contributed by atoms with Gasteiger partial charge in [-0.05, 0) is 42.4 Å². The van der Waals surface area contributed by atoms with E-state index in [-0.39, 0.29) is 0 Å². The summed E-state index contributed by atoms with van der Waals surface area (Å²) in [6, 6.07) is 10.8. The van der Waals surface area contributed by atoms with Gasteiger partial charge in [0.15, 0.2) is 5.82 Å². The Balaban J connectivity index is 1.37. The van der Waals surface area contributed by atoms with Crippen LogP contribution < -0.4 is 5.32 Å². The van der Waals surface area contributed by atoms with Gasteiger partial charge in [-0.2, -0.15) is 0 Å². The lowest BCUT2D eigenvalue weighted by molar-refractivity contribution is 0.695. The zero-order valence-corrected chi connectivity index (χ0v) is 18.5. The summed E-state index contributed by atoms with van der Waals surface area (Å²) in [6.45, 7) is 0. The van der Waals surface area contributed by atoms with Gasteiger partial charge < -0.3 is 10.3 Å². The molecule has 3 aliphatic rings. The van der Waals surface area contributed by atoms with E-state index >= 15 is 0 Å². The number of nitrogens with one attached hydrogen (secondary N) is 2. The van der Waals surface area contributed by atoms with Gasteiger partial charge in [0.2, 0.25) is 0 Å². The molecule has 1 aromatic carbocycles. The molecule has 2 saturated carbocycles. The van der Waals surface area contributed by atoms with Crippen molar-refractivity contribution in [2.45, 2.75) is 25.3 Å². The molecule has 5 aromatic rings. The van der Waals surface area contributed by atoms with Gasteiger partial charge in [0.1, 0.15) is 11.5 Å². The zero-order chi connectivity index (χ0) is 22.2. The fraction of sp³-hybridized carbons (Fsp3) is 0.214. The topological polar surface area (TPSA) is 79.4 Å². The minimum atomic E-state index is 0.511. The number of pyridine rings is 2.